The molecule has 2 heterocycles. The monoisotopic (exact) mass is 235 g/mol. The maximum Gasteiger partial charge on any atom is 0.226 e. The fraction of sp³-hybridized carbons (Fsp3) is 0.545. The van der Waals surface area contributed by atoms with Crippen molar-refractivity contribution < 1.29 is 4.79 Å². The first kappa shape index (κ1) is 11.6. The fourth-order valence-electron chi connectivity index (χ4n) is 1.79. The zero-order valence-electron chi connectivity index (χ0n) is 10.2. The topological polar surface area (TPSA) is 52.6 Å². The second-order valence-electron chi connectivity index (χ2n) is 4.24. The van der Waals surface area contributed by atoms with E-state index in [-0.39, 0.29) is 0 Å². The molecule has 0 spiro atoms. The van der Waals surface area contributed by atoms with Crippen LogP contribution in [0.3, 0.4) is 0 Å². The molecule has 6 heteroatoms. The first-order valence-electron chi connectivity index (χ1n) is 5.65. The van der Waals surface area contributed by atoms with Gasteiger partial charge in [0.25, 0.3) is 0 Å². The maximum atomic E-state index is 10.6. The van der Waals surface area contributed by atoms with E-state index in [1.165, 1.54) is 0 Å². The smallest absolute Gasteiger partial charge is 0.226 e. The van der Waals surface area contributed by atoms with Crippen molar-refractivity contribution in [3.63, 3.8) is 0 Å². The molecule has 6 nitrogen and oxygen atoms in total. The molecule has 1 saturated heterocycles. The summed E-state index contributed by atoms with van der Waals surface area (Å²) in [4.78, 5) is 25.1. The molecular formula is C11H17N5O. The molecule has 0 saturated carbocycles. The Hall–Kier alpha value is -1.85. The number of amides is 1. The van der Waals surface area contributed by atoms with Crippen molar-refractivity contribution >= 4 is 18.2 Å². The number of carbonyl (C=O) groups excluding carboxylic acids is 1. The highest BCUT2D eigenvalue weighted by Gasteiger charge is 2.17. The van der Waals surface area contributed by atoms with E-state index in [1.807, 2.05) is 25.1 Å². The average Bonchev–Trinajstić information content (AvgIpc) is 2.39. The molecule has 1 aromatic rings. The molecule has 92 valence electrons. The Kier molecular flexibility index (Phi) is 3.41. The zero-order valence-corrected chi connectivity index (χ0v) is 10.2. The number of anilines is 2. The lowest BCUT2D eigenvalue weighted by Crippen LogP contribution is -2.46. The van der Waals surface area contributed by atoms with E-state index in [4.69, 9.17) is 0 Å². The number of rotatable bonds is 3. The van der Waals surface area contributed by atoms with Gasteiger partial charge in [-0.3, -0.25) is 4.79 Å². The van der Waals surface area contributed by atoms with Crippen LogP contribution in [-0.4, -0.2) is 61.6 Å². The predicted molar refractivity (Wildman–Crippen MR) is 66.2 cm³/mol. The normalized spacial score (nSPS) is 15.9. The van der Waals surface area contributed by atoms with Gasteiger partial charge in [0.15, 0.2) is 0 Å². The van der Waals surface area contributed by atoms with Gasteiger partial charge in [-0.1, -0.05) is 0 Å². The molecule has 1 fully saturated rings. The quantitative estimate of drug-likeness (QED) is 0.680. The predicted octanol–water partition coefficient (Wildman–Crippen LogP) is -0.179. The van der Waals surface area contributed by atoms with Crippen molar-refractivity contribution in [2.24, 2.45) is 0 Å². The van der Waals surface area contributed by atoms with Crippen LogP contribution in [0.1, 0.15) is 0 Å². The Bertz CT molecular complexity index is 387. The van der Waals surface area contributed by atoms with Crippen LogP contribution in [0, 0.1) is 0 Å². The summed E-state index contributed by atoms with van der Waals surface area (Å²) in [6.07, 6.45) is 2.67. The summed E-state index contributed by atoms with van der Waals surface area (Å²) < 4.78 is 0. The van der Waals surface area contributed by atoms with Crippen molar-refractivity contribution in [2.75, 3.05) is 50.1 Å². The number of carbonyl (C=O) groups is 1. The summed E-state index contributed by atoms with van der Waals surface area (Å²) in [7, 11) is 3.84. The van der Waals surface area contributed by atoms with E-state index in [1.54, 1.807) is 11.1 Å². The van der Waals surface area contributed by atoms with Gasteiger partial charge >= 0.3 is 0 Å². The zero-order chi connectivity index (χ0) is 12.3. The highest BCUT2D eigenvalue weighted by Crippen LogP contribution is 2.15. The maximum absolute atomic E-state index is 10.6. The molecule has 17 heavy (non-hydrogen) atoms. The number of hydrogen-bond acceptors (Lipinski definition) is 5. The Morgan fingerprint density at radius 1 is 1.29 bits per heavy atom. The van der Waals surface area contributed by atoms with Gasteiger partial charge in [-0.2, -0.15) is 4.98 Å². The van der Waals surface area contributed by atoms with E-state index >= 15 is 0 Å². The van der Waals surface area contributed by atoms with Gasteiger partial charge in [-0.15, -0.1) is 0 Å². The largest absolute Gasteiger partial charge is 0.353 e. The minimum atomic E-state index is 0.709. The molecule has 1 aliphatic rings. The van der Waals surface area contributed by atoms with Gasteiger partial charge in [0.2, 0.25) is 12.4 Å². The molecule has 0 radical (unpaired) electrons. The van der Waals surface area contributed by atoms with Crippen LogP contribution in [0.2, 0.25) is 0 Å². The van der Waals surface area contributed by atoms with Crippen LogP contribution in [0.5, 0.6) is 0 Å². The lowest BCUT2D eigenvalue weighted by molar-refractivity contribution is -0.118. The molecule has 0 N–H and O–H groups in total. The molecule has 1 amide bonds. The van der Waals surface area contributed by atoms with Crippen LogP contribution < -0.4 is 9.80 Å². The van der Waals surface area contributed by atoms with E-state index in [2.05, 4.69) is 14.9 Å². The number of hydrogen-bond donors (Lipinski definition) is 0. The van der Waals surface area contributed by atoms with Crippen molar-refractivity contribution in [1.82, 2.24) is 14.9 Å². The Balaban J connectivity index is 2.07. The Morgan fingerprint density at radius 2 is 2.00 bits per heavy atom. The third-order valence-electron chi connectivity index (χ3n) is 2.82. The van der Waals surface area contributed by atoms with Gasteiger partial charge in [0.05, 0.1) is 0 Å². The van der Waals surface area contributed by atoms with E-state index in [9.17, 15) is 4.79 Å². The molecule has 0 aliphatic carbocycles. The molecule has 0 atom stereocenters. The molecule has 1 aliphatic heterocycles. The van der Waals surface area contributed by atoms with Gasteiger partial charge < -0.3 is 14.7 Å². The van der Waals surface area contributed by atoms with Crippen molar-refractivity contribution in [1.29, 1.82) is 0 Å². The van der Waals surface area contributed by atoms with Gasteiger partial charge in [0.1, 0.15) is 5.82 Å². The minimum Gasteiger partial charge on any atom is -0.353 e. The first-order valence-corrected chi connectivity index (χ1v) is 5.65. The second kappa shape index (κ2) is 4.99. The van der Waals surface area contributed by atoms with E-state index < -0.39 is 0 Å². The summed E-state index contributed by atoms with van der Waals surface area (Å²) in [5.74, 6) is 1.63. The van der Waals surface area contributed by atoms with Crippen LogP contribution in [-0.2, 0) is 4.79 Å². The highest BCUT2D eigenvalue weighted by molar-refractivity contribution is 5.49. The summed E-state index contributed by atoms with van der Waals surface area (Å²) in [5.41, 5.74) is 0. The van der Waals surface area contributed by atoms with Crippen LogP contribution in [0.4, 0.5) is 11.8 Å². The third-order valence-corrected chi connectivity index (χ3v) is 2.82. The lowest BCUT2D eigenvalue weighted by atomic mass is 10.3. The molecule has 0 aromatic carbocycles. The van der Waals surface area contributed by atoms with Gasteiger partial charge in [0, 0.05) is 46.5 Å². The summed E-state index contributed by atoms with van der Waals surface area (Å²) in [6, 6.07) is 1.91. The first-order chi connectivity index (χ1) is 8.20. The minimum absolute atomic E-state index is 0.709. The summed E-state index contributed by atoms with van der Waals surface area (Å²) in [6.45, 7) is 3.15. The highest BCUT2D eigenvalue weighted by atomic mass is 16.1. The second-order valence-corrected chi connectivity index (χ2v) is 4.24. The van der Waals surface area contributed by atoms with E-state index in [0.717, 1.165) is 38.4 Å². The van der Waals surface area contributed by atoms with Gasteiger partial charge in [-0.25, -0.2) is 4.98 Å². The summed E-state index contributed by atoms with van der Waals surface area (Å²) in [5, 5.41) is 0. The molecule has 0 unspecified atom stereocenters. The fourth-order valence-corrected chi connectivity index (χ4v) is 1.79. The Morgan fingerprint density at radius 3 is 2.59 bits per heavy atom. The average molecular weight is 235 g/mol. The van der Waals surface area contributed by atoms with E-state index in [0.29, 0.717) is 5.95 Å². The molecule has 0 bridgehead atoms. The van der Waals surface area contributed by atoms with Crippen LogP contribution in [0.15, 0.2) is 12.3 Å². The Labute approximate surface area is 101 Å². The number of piperazine rings is 1. The van der Waals surface area contributed by atoms with Gasteiger partial charge in [-0.05, 0) is 6.07 Å². The SMILES string of the molecule is CN(C)c1nccc(N2CCN(C=O)CC2)n1. The standard InChI is InChI=1S/C11H17N5O/c1-14(2)11-12-4-3-10(13-11)16-7-5-15(9-17)6-8-16/h3-4,9H,5-8H2,1-2H3. The molecular weight excluding hydrogens is 218 g/mol. The van der Waals surface area contributed by atoms with Crippen molar-refractivity contribution in [2.45, 2.75) is 0 Å². The van der Waals surface area contributed by atoms with Crippen LogP contribution >= 0.6 is 0 Å². The number of aromatic nitrogens is 2. The van der Waals surface area contributed by atoms with Crippen molar-refractivity contribution in [3.05, 3.63) is 12.3 Å². The third kappa shape index (κ3) is 2.64. The number of nitrogens with zero attached hydrogens (tertiary/aromatic N) is 5. The van der Waals surface area contributed by atoms with Crippen molar-refractivity contribution in [3.8, 4) is 0 Å². The van der Waals surface area contributed by atoms with Crippen LogP contribution in [0.25, 0.3) is 0 Å². The lowest BCUT2D eigenvalue weighted by Gasteiger charge is -2.33. The molecule has 1 aromatic heterocycles. The molecule has 2 rings (SSSR count). The summed E-state index contributed by atoms with van der Waals surface area (Å²) >= 11 is 0.